The van der Waals surface area contributed by atoms with Crippen LogP contribution in [0.4, 0.5) is 14.9 Å². The molecule has 0 fully saturated rings. The monoisotopic (exact) mass is 387 g/mol. The van der Waals surface area contributed by atoms with Crippen LogP contribution in [0.15, 0.2) is 48.5 Å². The fraction of sp³-hybridized carbons (Fsp3) is 0.333. The highest BCUT2D eigenvalue weighted by atomic mass is 19.1. The van der Waals surface area contributed by atoms with Crippen molar-refractivity contribution in [2.45, 2.75) is 26.3 Å². The minimum absolute atomic E-state index is 0.0294. The number of ether oxygens (including phenoxy) is 1. The van der Waals surface area contributed by atoms with Crippen molar-refractivity contribution in [3.05, 3.63) is 59.9 Å². The predicted octanol–water partition coefficient (Wildman–Crippen LogP) is 3.78. The average molecular weight is 387 g/mol. The van der Waals surface area contributed by atoms with Crippen molar-refractivity contribution in [3.8, 4) is 5.75 Å². The van der Waals surface area contributed by atoms with Gasteiger partial charge in [0.05, 0.1) is 6.54 Å². The molecule has 0 unspecified atom stereocenters. The molecule has 0 saturated heterocycles. The predicted molar refractivity (Wildman–Crippen MR) is 107 cm³/mol. The minimum Gasteiger partial charge on any atom is -0.489 e. The van der Waals surface area contributed by atoms with E-state index in [4.69, 9.17) is 4.74 Å². The first-order chi connectivity index (χ1) is 13.5. The second-order valence-electron chi connectivity index (χ2n) is 6.36. The smallest absolute Gasteiger partial charge is 0.317 e. The second-order valence-corrected chi connectivity index (χ2v) is 6.36. The number of rotatable bonds is 9. The molecule has 0 aliphatic rings. The lowest BCUT2D eigenvalue weighted by Gasteiger charge is -2.18. The molecule has 2 aromatic carbocycles. The maximum Gasteiger partial charge on any atom is 0.317 e. The summed E-state index contributed by atoms with van der Waals surface area (Å²) in [5, 5.41) is 5.64. The Balaban J connectivity index is 1.76. The van der Waals surface area contributed by atoms with Gasteiger partial charge in [0.15, 0.2) is 11.6 Å². The first-order valence-corrected chi connectivity index (χ1v) is 9.24. The zero-order chi connectivity index (χ0) is 20.4. The number of benzene rings is 2. The first-order valence-electron chi connectivity index (χ1n) is 9.24. The quantitative estimate of drug-likeness (QED) is 0.688. The Labute approximate surface area is 164 Å². The number of hydrogen-bond acceptors (Lipinski definition) is 3. The third kappa shape index (κ3) is 6.90. The van der Waals surface area contributed by atoms with Crippen LogP contribution in [0, 0.1) is 5.82 Å². The van der Waals surface area contributed by atoms with Gasteiger partial charge >= 0.3 is 6.03 Å². The molecule has 0 saturated carbocycles. The van der Waals surface area contributed by atoms with Gasteiger partial charge in [-0.25, -0.2) is 9.18 Å². The summed E-state index contributed by atoms with van der Waals surface area (Å²) in [6.07, 6.45) is 1.26. The van der Waals surface area contributed by atoms with E-state index in [1.165, 1.54) is 11.0 Å². The van der Waals surface area contributed by atoms with Crippen LogP contribution in [0.1, 0.15) is 25.3 Å². The van der Waals surface area contributed by atoms with Crippen molar-refractivity contribution in [1.29, 1.82) is 0 Å². The second kappa shape index (κ2) is 10.9. The Bertz CT molecular complexity index is 798. The SMILES string of the molecule is CCCC(=O)Nc1cccc(CNC(=O)N(C)CCOc2ccccc2F)c1. The molecule has 0 aliphatic heterocycles. The van der Waals surface area contributed by atoms with Crippen molar-refractivity contribution >= 4 is 17.6 Å². The van der Waals surface area contributed by atoms with Crippen LogP contribution in [0.3, 0.4) is 0 Å². The molecule has 0 atom stereocenters. The number of carbonyl (C=O) groups excluding carboxylic acids is 2. The molecule has 3 amide bonds. The number of nitrogens with one attached hydrogen (secondary N) is 2. The van der Waals surface area contributed by atoms with E-state index in [2.05, 4.69) is 10.6 Å². The first kappa shape index (κ1) is 21.2. The number of halogens is 1. The maximum absolute atomic E-state index is 13.5. The van der Waals surface area contributed by atoms with Crippen molar-refractivity contribution in [3.63, 3.8) is 0 Å². The number of nitrogens with zero attached hydrogens (tertiary/aromatic N) is 1. The molecule has 0 heterocycles. The summed E-state index contributed by atoms with van der Waals surface area (Å²) in [5.41, 5.74) is 1.58. The summed E-state index contributed by atoms with van der Waals surface area (Å²) < 4.78 is 18.8. The molecule has 7 heteroatoms. The Kier molecular flexibility index (Phi) is 8.27. The molecule has 6 nitrogen and oxygen atoms in total. The Morgan fingerprint density at radius 2 is 1.93 bits per heavy atom. The summed E-state index contributed by atoms with van der Waals surface area (Å²) in [7, 11) is 1.64. The van der Waals surface area contributed by atoms with E-state index >= 15 is 0 Å². The zero-order valence-electron chi connectivity index (χ0n) is 16.2. The number of hydrogen-bond donors (Lipinski definition) is 2. The van der Waals surface area contributed by atoms with Gasteiger partial charge in [-0.15, -0.1) is 0 Å². The molecular weight excluding hydrogens is 361 g/mol. The van der Waals surface area contributed by atoms with Crippen LogP contribution in [0.5, 0.6) is 5.75 Å². The molecule has 0 aromatic heterocycles. The normalized spacial score (nSPS) is 10.2. The van der Waals surface area contributed by atoms with E-state index in [0.717, 1.165) is 12.0 Å². The Morgan fingerprint density at radius 3 is 2.68 bits per heavy atom. The lowest BCUT2D eigenvalue weighted by atomic mass is 10.2. The van der Waals surface area contributed by atoms with Gasteiger partial charge in [0.2, 0.25) is 5.91 Å². The van der Waals surface area contributed by atoms with Crippen molar-refractivity contribution in [2.75, 3.05) is 25.5 Å². The van der Waals surface area contributed by atoms with E-state index in [1.54, 1.807) is 25.2 Å². The van der Waals surface area contributed by atoms with E-state index in [1.807, 2.05) is 31.2 Å². The number of anilines is 1. The number of amides is 3. The Morgan fingerprint density at radius 1 is 1.14 bits per heavy atom. The van der Waals surface area contributed by atoms with Gasteiger partial charge in [-0.1, -0.05) is 31.2 Å². The molecule has 0 radical (unpaired) electrons. The van der Waals surface area contributed by atoms with Crippen LogP contribution in [0.25, 0.3) is 0 Å². The molecule has 0 spiro atoms. The topological polar surface area (TPSA) is 70.7 Å². The van der Waals surface area contributed by atoms with Gasteiger partial charge in [-0.05, 0) is 36.2 Å². The highest BCUT2D eigenvalue weighted by Gasteiger charge is 2.09. The van der Waals surface area contributed by atoms with Crippen LogP contribution in [-0.4, -0.2) is 37.0 Å². The van der Waals surface area contributed by atoms with Gasteiger partial charge in [-0.2, -0.15) is 0 Å². The number of urea groups is 1. The van der Waals surface area contributed by atoms with E-state index in [-0.39, 0.29) is 24.3 Å². The average Bonchev–Trinajstić information content (AvgIpc) is 2.68. The highest BCUT2D eigenvalue weighted by molar-refractivity contribution is 5.90. The number of para-hydroxylation sites is 1. The maximum atomic E-state index is 13.5. The van der Waals surface area contributed by atoms with Crippen LogP contribution in [0.2, 0.25) is 0 Å². The van der Waals surface area contributed by atoms with E-state index in [0.29, 0.717) is 25.2 Å². The van der Waals surface area contributed by atoms with E-state index in [9.17, 15) is 14.0 Å². The molecule has 2 N–H and O–H groups in total. The summed E-state index contributed by atoms with van der Waals surface area (Å²) in [4.78, 5) is 25.3. The van der Waals surface area contributed by atoms with Crippen LogP contribution in [-0.2, 0) is 11.3 Å². The van der Waals surface area contributed by atoms with Gasteiger partial charge in [0.25, 0.3) is 0 Å². The van der Waals surface area contributed by atoms with Crippen molar-refractivity contribution in [2.24, 2.45) is 0 Å². The fourth-order valence-electron chi connectivity index (χ4n) is 2.48. The molecule has 2 rings (SSSR count). The van der Waals surface area contributed by atoms with Crippen molar-refractivity contribution in [1.82, 2.24) is 10.2 Å². The standard InChI is InChI=1S/C21H26FN3O3/c1-3-7-20(26)24-17-9-6-8-16(14-17)15-23-21(27)25(2)12-13-28-19-11-5-4-10-18(19)22/h4-6,8-11,14H,3,7,12-13,15H2,1-2H3,(H,23,27)(H,24,26). The summed E-state index contributed by atoms with van der Waals surface area (Å²) in [6, 6.07) is 13.2. The summed E-state index contributed by atoms with van der Waals surface area (Å²) in [5.74, 6) is -0.294. The fourth-order valence-corrected chi connectivity index (χ4v) is 2.48. The van der Waals surface area contributed by atoms with Gasteiger partial charge in [0.1, 0.15) is 6.61 Å². The van der Waals surface area contributed by atoms with Crippen molar-refractivity contribution < 1.29 is 18.7 Å². The Hall–Kier alpha value is -3.09. The van der Waals surface area contributed by atoms with Gasteiger partial charge in [-0.3, -0.25) is 4.79 Å². The largest absolute Gasteiger partial charge is 0.489 e. The molecule has 0 aliphatic carbocycles. The lowest BCUT2D eigenvalue weighted by molar-refractivity contribution is -0.116. The molecular formula is C21H26FN3O3. The summed E-state index contributed by atoms with van der Waals surface area (Å²) in [6.45, 7) is 2.77. The molecule has 150 valence electrons. The van der Waals surface area contributed by atoms with Gasteiger partial charge < -0.3 is 20.3 Å². The minimum atomic E-state index is -0.430. The van der Waals surface area contributed by atoms with Gasteiger partial charge in [0, 0.05) is 25.7 Å². The van der Waals surface area contributed by atoms with Crippen LogP contribution < -0.4 is 15.4 Å². The third-order valence-electron chi connectivity index (χ3n) is 4.00. The number of likely N-dealkylation sites (N-methyl/N-ethyl adjacent to an activating group) is 1. The van der Waals surface area contributed by atoms with E-state index < -0.39 is 5.82 Å². The van der Waals surface area contributed by atoms with Crippen LogP contribution >= 0.6 is 0 Å². The lowest BCUT2D eigenvalue weighted by Crippen LogP contribution is -2.39. The molecule has 0 bridgehead atoms. The highest BCUT2D eigenvalue weighted by Crippen LogP contribution is 2.15. The molecule has 28 heavy (non-hydrogen) atoms. The molecule has 2 aromatic rings. The summed E-state index contributed by atoms with van der Waals surface area (Å²) >= 11 is 0. The zero-order valence-corrected chi connectivity index (χ0v) is 16.2. The third-order valence-corrected chi connectivity index (χ3v) is 4.00. The number of carbonyl (C=O) groups is 2.